The molecule has 2 rings (SSSR count). The largest absolute Gasteiger partial charge is 0.454 e. The third-order valence-corrected chi connectivity index (χ3v) is 2.95. The van der Waals surface area contributed by atoms with Crippen LogP contribution in [0.4, 0.5) is 5.69 Å². The number of aryl methyl sites for hydroxylation is 2. The molecule has 0 aliphatic rings. The number of anilines is 1. The molecule has 106 valence electrons. The van der Waals surface area contributed by atoms with Gasteiger partial charge in [-0.3, -0.25) is 0 Å². The molecule has 0 saturated carbocycles. The maximum Gasteiger partial charge on any atom is 0.338 e. The zero-order valence-corrected chi connectivity index (χ0v) is 11.7. The van der Waals surface area contributed by atoms with Crippen LogP contribution >= 0.6 is 0 Å². The number of hydrogen-bond donors (Lipinski definition) is 1. The van der Waals surface area contributed by atoms with Crippen LogP contribution in [-0.4, -0.2) is 20.7 Å². The molecule has 0 unspecified atom stereocenters. The molecule has 0 amide bonds. The summed E-state index contributed by atoms with van der Waals surface area (Å²) in [5, 5.41) is 4.08. The van der Waals surface area contributed by atoms with Crippen molar-refractivity contribution in [2.45, 2.75) is 33.4 Å². The van der Waals surface area contributed by atoms with Crippen LogP contribution in [0.1, 0.15) is 35.1 Å². The molecule has 0 fully saturated rings. The van der Waals surface area contributed by atoms with Crippen LogP contribution < -0.4 is 5.73 Å². The number of nitrogen functional groups attached to an aromatic ring is 1. The molecule has 0 atom stereocenters. The number of ether oxygens (including phenoxy) is 1. The maximum atomic E-state index is 12.0. The van der Waals surface area contributed by atoms with Gasteiger partial charge in [-0.05, 0) is 31.0 Å². The maximum absolute atomic E-state index is 12.0. The van der Waals surface area contributed by atoms with E-state index in [0.29, 0.717) is 17.1 Å². The third-order valence-electron chi connectivity index (χ3n) is 2.95. The van der Waals surface area contributed by atoms with Gasteiger partial charge in [-0.25, -0.2) is 14.5 Å². The average Bonchev–Trinajstić information content (AvgIpc) is 2.87. The molecule has 1 aromatic heterocycles. The van der Waals surface area contributed by atoms with Gasteiger partial charge in [-0.15, -0.1) is 0 Å². The SMILES string of the molecule is CCCn1ncnc1COC(=O)c1cc(N)ccc1C. The van der Waals surface area contributed by atoms with Crippen molar-refractivity contribution < 1.29 is 9.53 Å². The molecule has 0 aliphatic heterocycles. The molecule has 20 heavy (non-hydrogen) atoms. The first kappa shape index (κ1) is 14.0. The molecule has 2 aromatic rings. The van der Waals surface area contributed by atoms with Crippen LogP contribution in [0.5, 0.6) is 0 Å². The van der Waals surface area contributed by atoms with Crippen molar-refractivity contribution in [1.29, 1.82) is 0 Å². The van der Waals surface area contributed by atoms with Crippen LogP contribution in [0.2, 0.25) is 0 Å². The summed E-state index contributed by atoms with van der Waals surface area (Å²) in [7, 11) is 0. The minimum Gasteiger partial charge on any atom is -0.454 e. The van der Waals surface area contributed by atoms with Crippen LogP contribution in [0, 0.1) is 6.92 Å². The summed E-state index contributed by atoms with van der Waals surface area (Å²) in [6.45, 7) is 4.75. The first-order valence-electron chi connectivity index (χ1n) is 6.51. The molecule has 1 aromatic carbocycles. The minimum atomic E-state index is -0.402. The van der Waals surface area contributed by atoms with E-state index in [9.17, 15) is 4.79 Å². The van der Waals surface area contributed by atoms with Crippen LogP contribution in [0.3, 0.4) is 0 Å². The Morgan fingerprint density at radius 1 is 1.45 bits per heavy atom. The Labute approximate surface area is 117 Å². The number of benzene rings is 1. The van der Waals surface area contributed by atoms with Crippen LogP contribution in [0.25, 0.3) is 0 Å². The van der Waals surface area contributed by atoms with Gasteiger partial charge in [0.15, 0.2) is 12.4 Å². The predicted molar refractivity (Wildman–Crippen MR) is 75.0 cm³/mol. The minimum absolute atomic E-state index is 0.104. The molecule has 0 saturated heterocycles. The van der Waals surface area contributed by atoms with Crippen molar-refractivity contribution in [1.82, 2.24) is 14.8 Å². The molecular formula is C14H18N4O2. The lowest BCUT2D eigenvalue weighted by atomic mass is 10.1. The number of hydrogen-bond acceptors (Lipinski definition) is 5. The van der Waals surface area contributed by atoms with Crippen LogP contribution in [-0.2, 0) is 17.9 Å². The first-order chi connectivity index (χ1) is 9.61. The van der Waals surface area contributed by atoms with Gasteiger partial charge in [-0.1, -0.05) is 13.0 Å². The summed E-state index contributed by atoms with van der Waals surface area (Å²) in [6, 6.07) is 5.17. The summed E-state index contributed by atoms with van der Waals surface area (Å²) < 4.78 is 7.01. The number of aromatic nitrogens is 3. The van der Waals surface area contributed by atoms with E-state index in [2.05, 4.69) is 10.1 Å². The van der Waals surface area contributed by atoms with Gasteiger partial charge in [0.1, 0.15) is 6.33 Å². The summed E-state index contributed by atoms with van der Waals surface area (Å²) in [4.78, 5) is 16.1. The van der Waals surface area contributed by atoms with Gasteiger partial charge in [0.05, 0.1) is 5.56 Å². The van der Waals surface area contributed by atoms with Gasteiger partial charge in [-0.2, -0.15) is 5.10 Å². The average molecular weight is 274 g/mol. The highest BCUT2D eigenvalue weighted by molar-refractivity contribution is 5.92. The Balaban J connectivity index is 2.05. The standard InChI is InChI=1S/C14H18N4O2/c1-3-6-18-13(16-9-17-18)8-20-14(19)12-7-11(15)5-4-10(12)2/h4-5,7,9H,3,6,8,15H2,1-2H3. The van der Waals surface area contributed by atoms with Crippen LogP contribution in [0.15, 0.2) is 24.5 Å². The fourth-order valence-corrected chi connectivity index (χ4v) is 1.87. The molecule has 0 radical (unpaired) electrons. The molecule has 0 spiro atoms. The Bertz CT molecular complexity index is 607. The van der Waals surface area contributed by atoms with Gasteiger partial charge >= 0.3 is 5.97 Å². The second-order valence-electron chi connectivity index (χ2n) is 4.55. The summed E-state index contributed by atoms with van der Waals surface area (Å²) in [5.74, 6) is 0.239. The van der Waals surface area contributed by atoms with Gasteiger partial charge in [0.25, 0.3) is 0 Å². The van der Waals surface area contributed by atoms with E-state index in [1.54, 1.807) is 22.9 Å². The molecule has 6 nitrogen and oxygen atoms in total. The highest BCUT2D eigenvalue weighted by Crippen LogP contribution is 2.14. The molecule has 0 bridgehead atoms. The number of esters is 1. The molecule has 1 heterocycles. The summed E-state index contributed by atoms with van der Waals surface area (Å²) in [5.41, 5.74) is 7.53. The fourth-order valence-electron chi connectivity index (χ4n) is 1.87. The second kappa shape index (κ2) is 6.18. The lowest BCUT2D eigenvalue weighted by Crippen LogP contribution is -2.12. The number of carbonyl (C=O) groups excluding carboxylic acids is 1. The third kappa shape index (κ3) is 3.14. The lowest BCUT2D eigenvalue weighted by molar-refractivity contribution is 0.0456. The van der Waals surface area contributed by atoms with E-state index in [4.69, 9.17) is 10.5 Å². The fraction of sp³-hybridized carbons (Fsp3) is 0.357. The van der Waals surface area contributed by atoms with Crippen molar-refractivity contribution in [3.63, 3.8) is 0 Å². The van der Waals surface area contributed by atoms with Gasteiger partial charge in [0.2, 0.25) is 0 Å². The normalized spacial score (nSPS) is 10.5. The van der Waals surface area contributed by atoms with Crippen molar-refractivity contribution in [2.75, 3.05) is 5.73 Å². The summed E-state index contributed by atoms with van der Waals surface area (Å²) in [6.07, 6.45) is 2.41. The molecular weight excluding hydrogens is 256 g/mol. The second-order valence-corrected chi connectivity index (χ2v) is 4.55. The highest BCUT2D eigenvalue weighted by Gasteiger charge is 2.13. The zero-order chi connectivity index (χ0) is 14.5. The van der Waals surface area contributed by atoms with E-state index in [0.717, 1.165) is 18.5 Å². The highest BCUT2D eigenvalue weighted by atomic mass is 16.5. The number of nitrogens with two attached hydrogens (primary N) is 1. The number of nitrogens with zero attached hydrogens (tertiary/aromatic N) is 3. The Morgan fingerprint density at radius 3 is 3.00 bits per heavy atom. The quantitative estimate of drug-likeness (QED) is 0.665. The van der Waals surface area contributed by atoms with Crippen molar-refractivity contribution in [3.8, 4) is 0 Å². The van der Waals surface area contributed by atoms with Gasteiger partial charge < -0.3 is 10.5 Å². The van der Waals surface area contributed by atoms with E-state index in [1.807, 2.05) is 13.8 Å². The molecule has 2 N–H and O–H groups in total. The smallest absolute Gasteiger partial charge is 0.338 e. The Kier molecular flexibility index (Phi) is 4.34. The monoisotopic (exact) mass is 274 g/mol. The topological polar surface area (TPSA) is 83.0 Å². The molecule has 6 heteroatoms. The number of rotatable bonds is 5. The number of carbonyl (C=O) groups is 1. The van der Waals surface area contributed by atoms with Crippen molar-refractivity contribution >= 4 is 11.7 Å². The van der Waals surface area contributed by atoms with Crippen molar-refractivity contribution in [3.05, 3.63) is 41.5 Å². The van der Waals surface area contributed by atoms with E-state index >= 15 is 0 Å². The lowest BCUT2D eigenvalue weighted by Gasteiger charge is -2.08. The van der Waals surface area contributed by atoms with Crippen molar-refractivity contribution in [2.24, 2.45) is 0 Å². The summed E-state index contributed by atoms with van der Waals surface area (Å²) >= 11 is 0. The van der Waals surface area contributed by atoms with Gasteiger partial charge in [0, 0.05) is 12.2 Å². The van der Waals surface area contributed by atoms with E-state index in [-0.39, 0.29) is 6.61 Å². The predicted octanol–water partition coefficient (Wildman–Crippen LogP) is 1.94. The molecule has 0 aliphatic carbocycles. The Morgan fingerprint density at radius 2 is 2.25 bits per heavy atom. The van der Waals surface area contributed by atoms with E-state index in [1.165, 1.54) is 6.33 Å². The van der Waals surface area contributed by atoms with E-state index < -0.39 is 5.97 Å². The first-order valence-corrected chi connectivity index (χ1v) is 6.51. The zero-order valence-electron chi connectivity index (χ0n) is 11.7. The Hall–Kier alpha value is -2.37.